The van der Waals surface area contributed by atoms with Crippen molar-refractivity contribution in [1.29, 1.82) is 0 Å². The lowest BCUT2D eigenvalue weighted by atomic mass is 9.46. The lowest BCUT2D eigenvalue weighted by molar-refractivity contribution is -0.115. The zero-order valence-electron chi connectivity index (χ0n) is 14.9. The molecule has 0 radical (unpaired) electrons. The van der Waals surface area contributed by atoms with E-state index in [9.17, 15) is 4.39 Å². The molecular weight excluding hydrogens is 259 g/mol. The Morgan fingerprint density at radius 2 is 1.38 bits per heavy atom. The zero-order chi connectivity index (χ0) is 15.5. The van der Waals surface area contributed by atoms with Crippen LogP contribution in [0.25, 0.3) is 0 Å². The summed E-state index contributed by atoms with van der Waals surface area (Å²) in [6, 6.07) is 0. The molecule has 0 spiro atoms. The van der Waals surface area contributed by atoms with Gasteiger partial charge in [0.25, 0.3) is 0 Å². The van der Waals surface area contributed by atoms with E-state index in [4.69, 9.17) is 0 Å². The predicted molar refractivity (Wildman–Crippen MR) is 88.0 cm³/mol. The third-order valence-corrected chi connectivity index (χ3v) is 7.89. The third kappa shape index (κ3) is 2.57. The van der Waals surface area contributed by atoms with E-state index in [1.807, 2.05) is 0 Å². The fraction of sp³-hybridized carbons (Fsp3) is 1.00. The SMILES string of the molecule is CC(C)(C)C1CCC1CC(C)(C)C12CCC(F)(CC1)CC2. The summed E-state index contributed by atoms with van der Waals surface area (Å²) in [5.41, 5.74) is 0.508. The van der Waals surface area contributed by atoms with Crippen LogP contribution >= 0.6 is 0 Å². The van der Waals surface area contributed by atoms with Crippen molar-refractivity contribution < 1.29 is 4.39 Å². The van der Waals surface area contributed by atoms with E-state index in [0.29, 0.717) is 16.2 Å². The Bertz CT molecular complexity index is 376. The fourth-order valence-electron chi connectivity index (χ4n) is 5.98. The molecule has 0 aromatic rings. The van der Waals surface area contributed by atoms with Crippen molar-refractivity contribution in [3.63, 3.8) is 0 Å². The molecule has 0 saturated heterocycles. The molecule has 0 N–H and O–H groups in total. The maximum Gasteiger partial charge on any atom is 0.111 e. The Morgan fingerprint density at radius 3 is 1.76 bits per heavy atom. The second-order valence-electron chi connectivity index (χ2n) is 10.3. The molecule has 4 saturated carbocycles. The van der Waals surface area contributed by atoms with Gasteiger partial charge in [-0.2, -0.15) is 0 Å². The summed E-state index contributed by atoms with van der Waals surface area (Å²) in [7, 11) is 0. The maximum absolute atomic E-state index is 14.5. The highest BCUT2D eigenvalue weighted by molar-refractivity contribution is 5.07. The number of hydrogen-bond acceptors (Lipinski definition) is 0. The molecule has 2 unspecified atom stereocenters. The first-order valence-corrected chi connectivity index (χ1v) is 9.26. The van der Waals surface area contributed by atoms with Gasteiger partial charge < -0.3 is 0 Å². The van der Waals surface area contributed by atoms with Crippen LogP contribution in [0, 0.1) is 28.1 Å². The minimum absolute atomic E-state index is 0.392. The smallest absolute Gasteiger partial charge is 0.111 e. The molecule has 0 aromatic heterocycles. The van der Waals surface area contributed by atoms with Crippen molar-refractivity contribution in [3.05, 3.63) is 0 Å². The molecule has 21 heavy (non-hydrogen) atoms. The second-order valence-corrected chi connectivity index (χ2v) is 10.3. The Hall–Kier alpha value is -0.0700. The van der Waals surface area contributed by atoms with Gasteiger partial charge in [0.1, 0.15) is 5.67 Å². The summed E-state index contributed by atoms with van der Waals surface area (Å²) in [6.45, 7) is 12.2. The number of rotatable bonds is 3. The van der Waals surface area contributed by atoms with Gasteiger partial charge in [0.15, 0.2) is 0 Å². The molecule has 0 amide bonds. The monoisotopic (exact) mass is 294 g/mol. The lowest BCUT2D eigenvalue weighted by Crippen LogP contribution is -2.52. The van der Waals surface area contributed by atoms with E-state index in [2.05, 4.69) is 34.6 Å². The first-order chi connectivity index (χ1) is 9.57. The van der Waals surface area contributed by atoms with Crippen LogP contribution < -0.4 is 0 Å². The number of fused-ring (bicyclic) bond motifs is 3. The van der Waals surface area contributed by atoms with E-state index >= 15 is 0 Å². The molecule has 4 aliphatic carbocycles. The molecule has 0 aromatic carbocycles. The summed E-state index contributed by atoms with van der Waals surface area (Å²) in [4.78, 5) is 0. The standard InChI is InChI=1S/C20H35F/c1-17(2,3)16-7-6-15(16)14-18(4,5)19-8-11-20(21,12-9-19)13-10-19/h15-16H,6-14H2,1-5H3. The van der Waals surface area contributed by atoms with Gasteiger partial charge in [-0.05, 0) is 85.9 Å². The Labute approximate surface area is 131 Å². The van der Waals surface area contributed by atoms with Gasteiger partial charge in [-0.3, -0.25) is 0 Å². The molecule has 0 nitrogen and oxygen atoms in total. The van der Waals surface area contributed by atoms with Crippen LogP contribution in [0.1, 0.15) is 92.4 Å². The summed E-state index contributed by atoms with van der Waals surface area (Å²) in [5.74, 6) is 1.81. The van der Waals surface area contributed by atoms with Gasteiger partial charge in [0, 0.05) is 0 Å². The number of alkyl halides is 1. The molecular formula is C20H35F. The lowest BCUT2D eigenvalue weighted by Gasteiger charge is -2.59. The van der Waals surface area contributed by atoms with Gasteiger partial charge in [-0.1, -0.05) is 34.6 Å². The topological polar surface area (TPSA) is 0 Å². The van der Waals surface area contributed by atoms with E-state index in [-0.39, 0.29) is 0 Å². The highest BCUT2D eigenvalue weighted by Gasteiger charge is 2.56. The number of halogens is 1. The maximum atomic E-state index is 14.5. The highest BCUT2D eigenvalue weighted by atomic mass is 19.1. The van der Waals surface area contributed by atoms with Crippen molar-refractivity contribution in [3.8, 4) is 0 Å². The van der Waals surface area contributed by atoms with Crippen molar-refractivity contribution in [2.24, 2.45) is 28.1 Å². The highest BCUT2D eigenvalue weighted by Crippen LogP contribution is 2.64. The van der Waals surface area contributed by atoms with Crippen LogP contribution in [0.5, 0.6) is 0 Å². The molecule has 2 atom stereocenters. The van der Waals surface area contributed by atoms with Crippen molar-refractivity contribution in [2.45, 2.75) is 98.1 Å². The van der Waals surface area contributed by atoms with Crippen LogP contribution in [0.3, 0.4) is 0 Å². The summed E-state index contributed by atoms with van der Waals surface area (Å²) in [6.07, 6.45) is 10.2. The molecule has 1 heteroatoms. The summed E-state index contributed by atoms with van der Waals surface area (Å²) in [5, 5.41) is 0. The summed E-state index contributed by atoms with van der Waals surface area (Å²) >= 11 is 0. The van der Waals surface area contributed by atoms with E-state index in [1.54, 1.807) is 0 Å². The zero-order valence-corrected chi connectivity index (χ0v) is 14.9. The van der Waals surface area contributed by atoms with Crippen LogP contribution in [-0.4, -0.2) is 5.67 Å². The minimum atomic E-state index is -0.789. The largest absolute Gasteiger partial charge is 0.244 e. The fourth-order valence-corrected chi connectivity index (χ4v) is 5.98. The van der Waals surface area contributed by atoms with Crippen molar-refractivity contribution in [1.82, 2.24) is 0 Å². The average Bonchev–Trinajstić information content (AvgIpc) is 2.34. The summed E-state index contributed by atoms with van der Waals surface area (Å²) < 4.78 is 14.5. The normalized spacial score (nSPS) is 43.7. The first kappa shape index (κ1) is 15.8. The molecule has 0 aliphatic heterocycles. The predicted octanol–water partition coefficient (Wildman–Crippen LogP) is 6.54. The van der Waals surface area contributed by atoms with Gasteiger partial charge in [0.2, 0.25) is 0 Å². The van der Waals surface area contributed by atoms with Gasteiger partial charge in [0.05, 0.1) is 0 Å². The van der Waals surface area contributed by atoms with Crippen molar-refractivity contribution in [2.75, 3.05) is 0 Å². The van der Waals surface area contributed by atoms with Gasteiger partial charge >= 0.3 is 0 Å². The van der Waals surface area contributed by atoms with Crippen LogP contribution in [0.2, 0.25) is 0 Å². The first-order valence-electron chi connectivity index (χ1n) is 9.26. The van der Waals surface area contributed by atoms with E-state index in [0.717, 1.165) is 50.4 Å². The molecule has 2 bridgehead atoms. The van der Waals surface area contributed by atoms with Gasteiger partial charge in [-0.25, -0.2) is 4.39 Å². The second kappa shape index (κ2) is 4.71. The van der Waals surface area contributed by atoms with E-state index in [1.165, 1.54) is 19.3 Å². The van der Waals surface area contributed by atoms with E-state index < -0.39 is 5.67 Å². The Balaban J connectivity index is 1.70. The van der Waals surface area contributed by atoms with Gasteiger partial charge in [-0.15, -0.1) is 0 Å². The molecule has 122 valence electrons. The third-order valence-electron chi connectivity index (χ3n) is 7.89. The average molecular weight is 294 g/mol. The molecule has 4 rings (SSSR count). The Morgan fingerprint density at radius 1 is 0.857 bits per heavy atom. The molecule has 0 heterocycles. The molecule has 4 aliphatic rings. The van der Waals surface area contributed by atoms with Crippen LogP contribution in [0.4, 0.5) is 4.39 Å². The van der Waals surface area contributed by atoms with Crippen molar-refractivity contribution >= 4 is 0 Å². The quantitative estimate of drug-likeness (QED) is 0.554. The minimum Gasteiger partial charge on any atom is -0.244 e. The Kier molecular flexibility index (Phi) is 3.55. The molecule has 4 fully saturated rings. The van der Waals surface area contributed by atoms with Crippen LogP contribution in [0.15, 0.2) is 0 Å². The van der Waals surface area contributed by atoms with Crippen LogP contribution in [-0.2, 0) is 0 Å². The number of hydrogen-bond donors (Lipinski definition) is 0.